The smallest absolute Gasteiger partial charge is 0.0108 e. The lowest BCUT2D eigenvalue weighted by Gasteiger charge is -2.36. The van der Waals surface area contributed by atoms with Gasteiger partial charge in [0.1, 0.15) is 0 Å². The van der Waals surface area contributed by atoms with Crippen molar-refractivity contribution in [3.63, 3.8) is 0 Å². The molecule has 1 rings (SSSR count). The van der Waals surface area contributed by atoms with E-state index >= 15 is 0 Å². The Bertz CT molecular complexity index is 357. The first-order valence-corrected chi connectivity index (χ1v) is 7.22. The van der Waals surface area contributed by atoms with Crippen LogP contribution in [-0.4, -0.2) is 0 Å². The standard InChI is InChI=1S/C18H30/c1-8-14-9-11-15(12-10-14)16(18(5,6)7)13-17(2,3)4/h9-12,16H,8,13H2,1-7H3. The lowest BCUT2D eigenvalue weighted by molar-refractivity contribution is 0.229. The van der Waals surface area contributed by atoms with Crippen molar-refractivity contribution >= 4 is 0 Å². The fraction of sp³-hybridized carbons (Fsp3) is 0.667. The average Bonchev–Trinajstić information content (AvgIpc) is 2.24. The van der Waals surface area contributed by atoms with Crippen LogP contribution in [0.15, 0.2) is 24.3 Å². The largest absolute Gasteiger partial charge is 0.0613 e. The van der Waals surface area contributed by atoms with Gasteiger partial charge in [-0.1, -0.05) is 72.7 Å². The Balaban J connectivity index is 3.02. The molecule has 0 fully saturated rings. The summed E-state index contributed by atoms with van der Waals surface area (Å²) in [5.74, 6) is 0.628. The summed E-state index contributed by atoms with van der Waals surface area (Å²) in [4.78, 5) is 0. The van der Waals surface area contributed by atoms with Gasteiger partial charge >= 0.3 is 0 Å². The normalized spacial score (nSPS) is 14.6. The van der Waals surface area contributed by atoms with E-state index in [-0.39, 0.29) is 0 Å². The summed E-state index contributed by atoms with van der Waals surface area (Å²) < 4.78 is 0. The van der Waals surface area contributed by atoms with Crippen molar-refractivity contribution < 1.29 is 0 Å². The van der Waals surface area contributed by atoms with Gasteiger partial charge in [0.05, 0.1) is 0 Å². The number of rotatable bonds is 3. The van der Waals surface area contributed by atoms with Crippen molar-refractivity contribution in [1.82, 2.24) is 0 Å². The van der Waals surface area contributed by atoms with Crippen LogP contribution in [0.4, 0.5) is 0 Å². The van der Waals surface area contributed by atoms with Gasteiger partial charge in [-0.25, -0.2) is 0 Å². The van der Waals surface area contributed by atoms with Crippen molar-refractivity contribution in [2.45, 2.75) is 67.2 Å². The van der Waals surface area contributed by atoms with E-state index in [1.54, 1.807) is 0 Å². The topological polar surface area (TPSA) is 0 Å². The van der Waals surface area contributed by atoms with Gasteiger partial charge in [0.15, 0.2) is 0 Å². The molecule has 1 atom stereocenters. The molecule has 0 aliphatic heterocycles. The monoisotopic (exact) mass is 246 g/mol. The zero-order valence-electron chi connectivity index (χ0n) is 13.3. The zero-order valence-corrected chi connectivity index (χ0v) is 13.3. The Morgan fingerprint density at radius 2 is 1.39 bits per heavy atom. The summed E-state index contributed by atoms with van der Waals surface area (Å²) in [5.41, 5.74) is 3.62. The molecule has 0 radical (unpaired) electrons. The van der Waals surface area contributed by atoms with Crippen LogP contribution >= 0.6 is 0 Å². The van der Waals surface area contributed by atoms with E-state index in [1.807, 2.05) is 0 Å². The van der Waals surface area contributed by atoms with Gasteiger partial charge in [0.2, 0.25) is 0 Å². The van der Waals surface area contributed by atoms with Crippen molar-refractivity contribution in [2.75, 3.05) is 0 Å². The van der Waals surface area contributed by atoms with E-state index in [4.69, 9.17) is 0 Å². The Morgan fingerprint density at radius 3 is 1.72 bits per heavy atom. The molecule has 0 heteroatoms. The molecule has 0 heterocycles. The van der Waals surface area contributed by atoms with Crippen LogP contribution in [0.1, 0.15) is 71.9 Å². The molecule has 102 valence electrons. The van der Waals surface area contributed by atoms with Crippen molar-refractivity contribution in [1.29, 1.82) is 0 Å². The highest BCUT2D eigenvalue weighted by atomic mass is 14.3. The van der Waals surface area contributed by atoms with Gasteiger partial charge in [0, 0.05) is 0 Å². The molecule has 0 aliphatic rings. The van der Waals surface area contributed by atoms with E-state index in [9.17, 15) is 0 Å². The second-order valence-corrected chi connectivity index (χ2v) is 7.78. The molecular weight excluding hydrogens is 216 g/mol. The first kappa shape index (κ1) is 15.3. The van der Waals surface area contributed by atoms with Gasteiger partial charge in [-0.15, -0.1) is 0 Å². The fourth-order valence-corrected chi connectivity index (χ4v) is 2.52. The van der Waals surface area contributed by atoms with Gasteiger partial charge < -0.3 is 0 Å². The Hall–Kier alpha value is -0.780. The lowest BCUT2D eigenvalue weighted by Crippen LogP contribution is -2.23. The van der Waals surface area contributed by atoms with E-state index < -0.39 is 0 Å². The Kier molecular flexibility index (Phi) is 4.64. The quantitative estimate of drug-likeness (QED) is 0.631. The molecule has 0 amide bonds. The van der Waals surface area contributed by atoms with Crippen LogP contribution in [0.3, 0.4) is 0 Å². The third kappa shape index (κ3) is 4.48. The van der Waals surface area contributed by atoms with Gasteiger partial charge in [-0.05, 0) is 40.7 Å². The molecule has 0 saturated heterocycles. The molecule has 0 bridgehead atoms. The Labute approximate surface area is 114 Å². The van der Waals surface area contributed by atoms with Crippen LogP contribution in [0.5, 0.6) is 0 Å². The summed E-state index contributed by atoms with van der Waals surface area (Å²) in [5, 5.41) is 0. The number of aryl methyl sites for hydroxylation is 1. The first-order valence-electron chi connectivity index (χ1n) is 7.22. The van der Waals surface area contributed by atoms with Crippen LogP contribution in [0.25, 0.3) is 0 Å². The summed E-state index contributed by atoms with van der Waals surface area (Å²) in [6.07, 6.45) is 2.36. The summed E-state index contributed by atoms with van der Waals surface area (Å²) in [6, 6.07) is 9.24. The molecular formula is C18H30. The zero-order chi connectivity index (χ0) is 14.0. The maximum absolute atomic E-state index is 2.36. The summed E-state index contributed by atoms with van der Waals surface area (Å²) in [6.45, 7) is 16.3. The minimum atomic E-state index is 0.320. The molecule has 18 heavy (non-hydrogen) atoms. The van der Waals surface area contributed by atoms with Crippen molar-refractivity contribution in [3.8, 4) is 0 Å². The molecule has 0 aliphatic carbocycles. The predicted molar refractivity (Wildman–Crippen MR) is 82.1 cm³/mol. The second-order valence-electron chi connectivity index (χ2n) is 7.78. The molecule has 1 aromatic carbocycles. The van der Waals surface area contributed by atoms with Gasteiger partial charge in [0.25, 0.3) is 0 Å². The average molecular weight is 246 g/mol. The van der Waals surface area contributed by atoms with Crippen molar-refractivity contribution in [3.05, 3.63) is 35.4 Å². The summed E-state index contributed by atoms with van der Waals surface area (Å²) in [7, 11) is 0. The van der Waals surface area contributed by atoms with E-state index in [0.29, 0.717) is 16.7 Å². The number of benzene rings is 1. The minimum absolute atomic E-state index is 0.320. The minimum Gasteiger partial charge on any atom is -0.0613 e. The third-order valence-electron chi connectivity index (χ3n) is 3.65. The highest BCUT2D eigenvalue weighted by Gasteiger charge is 2.30. The first-order chi connectivity index (χ1) is 8.13. The number of hydrogen-bond acceptors (Lipinski definition) is 0. The second kappa shape index (κ2) is 5.47. The maximum Gasteiger partial charge on any atom is -0.0108 e. The van der Waals surface area contributed by atoms with Crippen LogP contribution in [-0.2, 0) is 6.42 Å². The molecule has 1 aromatic rings. The van der Waals surface area contributed by atoms with E-state index in [0.717, 1.165) is 6.42 Å². The molecule has 0 aromatic heterocycles. The maximum atomic E-state index is 2.36. The van der Waals surface area contributed by atoms with Gasteiger partial charge in [-0.2, -0.15) is 0 Å². The lowest BCUT2D eigenvalue weighted by atomic mass is 9.69. The number of hydrogen-bond donors (Lipinski definition) is 0. The van der Waals surface area contributed by atoms with Crippen LogP contribution < -0.4 is 0 Å². The Morgan fingerprint density at radius 1 is 0.889 bits per heavy atom. The van der Waals surface area contributed by atoms with Crippen molar-refractivity contribution in [2.24, 2.45) is 10.8 Å². The SMILES string of the molecule is CCc1ccc(C(CC(C)(C)C)C(C)(C)C)cc1. The highest BCUT2D eigenvalue weighted by Crippen LogP contribution is 2.42. The molecule has 0 nitrogen and oxygen atoms in total. The predicted octanol–water partition coefficient (Wildman–Crippen LogP) is 5.81. The fourth-order valence-electron chi connectivity index (χ4n) is 2.52. The van der Waals surface area contributed by atoms with Crippen LogP contribution in [0.2, 0.25) is 0 Å². The van der Waals surface area contributed by atoms with Gasteiger partial charge in [-0.3, -0.25) is 0 Å². The molecule has 1 unspecified atom stereocenters. The van der Waals surface area contributed by atoms with E-state index in [1.165, 1.54) is 17.5 Å². The van der Waals surface area contributed by atoms with E-state index in [2.05, 4.69) is 72.7 Å². The van der Waals surface area contributed by atoms with Crippen LogP contribution in [0, 0.1) is 10.8 Å². The summed E-state index contributed by atoms with van der Waals surface area (Å²) >= 11 is 0. The molecule has 0 spiro atoms. The highest BCUT2D eigenvalue weighted by molar-refractivity contribution is 5.27. The molecule has 0 saturated carbocycles. The third-order valence-corrected chi connectivity index (χ3v) is 3.65. The molecule has 0 N–H and O–H groups in total.